The van der Waals surface area contributed by atoms with E-state index < -0.39 is 0 Å². The van der Waals surface area contributed by atoms with E-state index in [0.717, 1.165) is 22.9 Å². The molecule has 0 saturated carbocycles. The average Bonchev–Trinajstić information content (AvgIpc) is 2.28. The van der Waals surface area contributed by atoms with Crippen molar-refractivity contribution in [2.24, 2.45) is 5.92 Å². The van der Waals surface area contributed by atoms with Crippen molar-refractivity contribution in [2.45, 2.75) is 20.3 Å². The minimum absolute atomic E-state index is 0.220. The molecule has 17 heavy (non-hydrogen) atoms. The minimum atomic E-state index is -0.220. The highest BCUT2D eigenvalue weighted by Gasteiger charge is 1.98. The quantitative estimate of drug-likeness (QED) is 0.758. The zero-order valence-electron chi connectivity index (χ0n) is 10.2. The van der Waals surface area contributed by atoms with Gasteiger partial charge in [0.2, 0.25) is 0 Å². The molecule has 88 valence electrons. The molecule has 2 heteroatoms. The molecular formula is C15H16FN. The minimum Gasteiger partial charge on any atom is -0.256 e. The molecule has 2 aromatic rings. The summed E-state index contributed by atoms with van der Waals surface area (Å²) >= 11 is 0. The molecule has 0 aliphatic carbocycles. The van der Waals surface area contributed by atoms with Gasteiger partial charge in [-0.15, -0.1) is 0 Å². The first-order valence-corrected chi connectivity index (χ1v) is 5.87. The van der Waals surface area contributed by atoms with Crippen LogP contribution in [0.15, 0.2) is 36.5 Å². The number of rotatable bonds is 3. The summed E-state index contributed by atoms with van der Waals surface area (Å²) in [7, 11) is 0. The van der Waals surface area contributed by atoms with Gasteiger partial charge in [-0.3, -0.25) is 4.98 Å². The van der Waals surface area contributed by atoms with E-state index in [1.54, 1.807) is 6.07 Å². The predicted octanol–water partition coefficient (Wildman–Crippen LogP) is 4.43. The molecule has 2 rings (SSSR count). The van der Waals surface area contributed by atoms with Crippen LogP contribution in [0.2, 0.25) is 0 Å². The molecule has 0 aliphatic heterocycles. The summed E-state index contributed by atoms with van der Waals surface area (Å²) in [6, 6.07) is 6.61. The van der Waals surface area contributed by atoms with Crippen molar-refractivity contribution >= 4 is 17.0 Å². The fourth-order valence-corrected chi connectivity index (χ4v) is 1.69. The molecule has 0 unspecified atom stereocenters. The summed E-state index contributed by atoms with van der Waals surface area (Å²) in [5.41, 5.74) is 1.84. The first-order chi connectivity index (χ1) is 8.15. The van der Waals surface area contributed by atoms with Gasteiger partial charge in [-0.25, -0.2) is 4.39 Å². The number of nitrogens with zero attached hydrogens (tertiary/aromatic N) is 1. The van der Waals surface area contributed by atoms with E-state index in [9.17, 15) is 4.39 Å². The largest absolute Gasteiger partial charge is 0.256 e. The van der Waals surface area contributed by atoms with E-state index in [2.05, 4.69) is 24.9 Å². The van der Waals surface area contributed by atoms with E-state index in [0.29, 0.717) is 5.92 Å². The van der Waals surface area contributed by atoms with Crippen LogP contribution in [0.25, 0.3) is 17.0 Å². The molecule has 0 N–H and O–H groups in total. The van der Waals surface area contributed by atoms with Gasteiger partial charge in [0.1, 0.15) is 5.82 Å². The second kappa shape index (κ2) is 5.09. The molecule has 0 bridgehead atoms. The van der Waals surface area contributed by atoms with E-state index in [-0.39, 0.29) is 5.82 Å². The van der Waals surface area contributed by atoms with Gasteiger partial charge < -0.3 is 0 Å². The third-order valence-corrected chi connectivity index (χ3v) is 2.58. The highest BCUT2D eigenvalue weighted by molar-refractivity contribution is 5.80. The van der Waals surface area contributed by atoms with Gasteiger partial charge in [-0.2, -0.15) is 0 Å². The molecule has 1 aromatic heterocycles. The van der Waals surface area contributed by atoms with E-state index in [1.165, 1.54) is 12.1 Å². The third kappa shape index (κ3) is 3.13. The molecule has 1 nitrogen and oxygen atoms in total. The Morgan fingerprint density at radius 1 is 1.29 bits per heavy atom. The lowest BCUT2D eigenvalue weighted by molar-refractivity contribution is 0.629. The van der Waals surface area contributed by atoms with Gasteiger partial charge >= 0.3 is 0 Å². The van der Waals surface area contributed by atoms with Crippen molar-refractivity contribution in [3.63, 3.8) is 0 Å². The van der Waals surface area contributed by atoms with Gasteiger partial charge in [-0.1, -0.05) is 26.0 Å². The Morgan fingerprint density at radius 3 is 2.88 bits per heavy atom. The Balaban J connectivity index is 2.27. The van der Waals surface area contributed by atoms with Crippen LogP contribution in [0.5, 0.6) is 0 Å². The van der Waals surface area contributed by atoms with Crippen molar-refractivity contribution in [2.75, 3.05) is 0 Å². The van der Waals surface area contributed by atoms with Gasteiger partial charge in [0.05, 0.1) is 5.52 Å². The van der Waals surface area contributed by atoms with Gasteiger partial charge in [0.15, 0.2) is 0 Å². The van der Waals surface area contributed by atoms with Crippen molar-refractivity contribution in [3.05, 3.63) is 47.9 Å². The molecule has 0 fully saturated rings. The molecule has 0 aliphatic rings. The Kier molecular flexibility index (Phi) is 3.52. The lowest BCUT2D eigenvalue weighted by atomic mass is 10.1. The Hall–Kier alpha value is -1.70. The number of hydrogen-bond acceptors (Lipinski definition) is 1. The maximum Gasteiger partial charge on any atom is 0.123 e. The summed E-state index contributed by atoms with van der Waals surface area (Å²) in [6.07, 6.45) is 7.03. The smallest absolute Gasteiger partial charge is 0.123 e. The SMILES string of the molecule is CC(C)C/C=C/c1cnc2ccc(F)cc2c1. The van der Waals surface area contributed by atoms with Crippen molar-refractivity contribution in [1.29, 1.82) is 0 Å². The highest BCUT2D eigenvalue weighted by atomic mass is 19.1. The summed E-state index contributed by atoms with van der Waals surface area (Å²) in [5, 5.41) is 0.844. The maximum atomic E-state index is 13.1. The monoisotopic (exact) mass is 229 g/mol. The number of pyridine rings is 1. The molecule has 1 aromatic carbocycles. The van der Waals surface area contributed by atoms with Crippen LogP contribution in [-0.4, -0.2) is 4.98 Å². The Morgan fingerprint density at radius 2 is 2.12 bits per heavy atom. The second-order valence-electron chi connectivity index (χ2n) is 4.64. The van der Waals surface area contributed by atoms with Gasteiger partial charge in [0.25, 0.3) is 0 Å². The normalized spacial score (nSPS) is 11.8. The van der Waals surface area contributed by atoms with Crippen LogP contribution < -0.4 is 0 Å². The first kappa shape index (κ1) is 11.8. The molecule has 0 radical (unpaired) electrons. The fraction of sp³-hybridized carbons (Fsp3) is 0.267. The number of halogens is 1. The molecule has 0 spiro atoms. The Bertz CT molecular complexity index is 544. The number of hydrogen-bond donors (Lipinski definition) is 0. The summed E-state index contributed by atoms with van der Waals surface area (Å²) in [5.74, 6) is 0.430. The zero-order chi connectivity index (χ0) is 12.3. The van der Waals surface area contributed by atoms with E-state index >= 15 is 0 Å². The predicted molar refractivity (Wildman–Crippen MR) is 70.2 cm³/mol. The van der Waals surface area contributed by atoms with Crippen LogP contribution >= 0.6 is 0 Å². The van der Waals surface area contributed by atoms with E-state index in [4.69, 9.17) is 0 Å². The van der Waals surface area contributed by atoms with Crippen molar-refractivity contribution in [3.8, 4) is 0 Å². The number of aromatic nitrogens is 1. The highest BCUT2D eigenvalue weighted by Crippen LogP contribution is 2.16. The first-order valence-electron chi connectivity index (χ1n) is 5.87. The van der Waals surface area contributed by atoms with Gasteiger partial charge in [-0.05, 0) is 42.2 Å². The molecule has 1 heterocycles. The third-order valence-electron chi connectivity index (χ3n) is 2.58. The summed E-state index contributed by atoms with van der Waals surface area (Å²) in [6.45, 7) is 4.36. The number of benzene rings is 1. The van der Waals surface area contributed by atoms with Crippen LogP contribution in [0, 0.1) is 11.7 Å². The molecule has 0 amide bonds. The van der Waals surface area contributed by atoms with Crippen LogP contribution in [-0.2, 0) is 0 Å². The molecule has 0 saturated heterocycles. The fourth-order valence-electron chi connectivity index (χ4n) is 1.69. The second-order valence-corrected chi connectivity index (χ2v) is 4.64. The number of allylic oxidation sites excluding steroid dienone is 1. The molecule has 0 atom stereocenters. The van der Waals surface area contributed by atoms with Gasteiger partial charge in [0, 0.05) is 11.6 Å². The lowest BCUT2D eigenvalue weighted by Gasteiger charge is -2.00. The zero-order valence-corrected chi connectivity index (χ0v) is 10.2. The van der Waals surface area contributed by atoms with Crippen LogP contribution in [0.3, 0.4) is 0 Å². The van der Waals surface area contributed by atoms with Crippen LogP contribution in [0.1, 0.15) is 25.8 Å². The maximum absolute atomic E-state index is 13.1. The van der Waals surface area contributed by atoms with Crippen LogP contribution in [0.4, 0.5) is 4.39 Å². The molecular weight excluding hydrogens is 213 g/mol. The summed E-state index contributed by atoms with van der Waals surface area (Å²) in [4.78, 5) is 4.30. The Labute approximate surface area is 101 Å². The van der Waals surface area contributed by atoms with Crippen molar-refractivity contribution < 1.29 is 4.39 Å². The lowest BCUT2D eigenvalue weighted by Crippen LogP contribution is -1.84. The summed E-state index contributed by atoms with van der Waals surface area (Å²) < 4.78 is 13.1. The van der Waals surface area contributed by atoms with Crippen molar-refractivity contribution in [1.82, 2.24) is 4.98 Å². The average molecular weight is 229 g/mol. The standard InChI is InChI=1S/C15H16FN/c1-11(2)4-3-5-12-8-13-9-14(16)6-7-15(13)17-10-12/h3,5-11H,4H2,1-2H3/b5-3+. The number of fused-ring (bicyclic) bond motifs is 1. The topological polar surface area (TPSA) is 12.9 Å². The van der Waals surface area contributed by atoms with E-state index in [1.807, 2.05) is 18.3 Å².